The quantitative estimate of drug-likeness (QED) is 0.448. The van der Waals surface area contributed by atoms with Gasteiger partial charge in [-0.05, 0) is 61.7 Å². The fraction of sp³-hybridized carbons (Fsp3) is 0.185. The highest BCUT2D eigenvalue weighted by molar-refractivity contribution is 8.04. The molecule has 0 saturated heterocycles. The topological polar surface area (TPSA) is 46.6 Å². The second-order valence-corrected chi connectivity index (χ2v) is 9.00. The van der Waals surface area contributed by atoms with E-state index < -0.39 is 0 Å². The van der Waals surface area contributed by atoms with Crippen LogP contribution >= 0.6 is 11.8 Å². The van der Waals surface area contributed by atoms with E-state index in [1.807, 2.05) is 87.5 Å². The van der Waals surface area contributed by atoms with E-state index in [0.29, 0.717) is 10.5 Å². The van der Waals surface area contributed by atoms with Crippen molar-refractivity contribution in [1.82, 2.24) is 4.90 Å². The number of carbonyl (C=O) groups is 2. The SMILES string of the molecule is Cc1ccc(C2=C(Sc3ccccc3)C(=O)N(CCOc3cc(C)cc(C)c3)C2=O)cc1. The number of hydrogen-bond donors (Lipinski definition) is 0. The highest BCUT2D eigenvalue weighted by Crippen LogP contribution is 2.39. The number of thioether (sulfide) groups is 1. The van der Waals surface area contributed by atoms with Gasteiger partial charge in [0.25, 0.3) is 11.8 Å². The van der Waals surface area contributed by atoms with E-state index in [1.165, 1.54) is 16.7 Å². The average molecular weight is 444 g/mol. The minimum atomic E-state index is -0.277. The minimum Gasteiger partial charge on any atom is -0.492 e. The van der Waals surface area contributed by atoms with E-state index in [2.05, 4.69) is 6.07 Å². The number of imide groups is 1. The van der Waals surface area contributed by atoms with Gasteiger partial charge in [0.2, 0.25) is 0 Å². The van der Waals surface area contributed by atoms with Crippen molar-refractivity contribution < 1.29 is 14.3 Å². The maximum atomic E-state index is 13.3. The van der Waals surface area contributed by atoms with Crippen LogP contribution in [0.15, 0.2) is 82.6 Å². The number of carbonyl (C=O) groups excluding carboxylic acids is 2. The molecule has 4 nitrogen and oxygen atoms in total. The molecule has 0 aromatic heterocycles. The molecule has 0 saturated carbocycles. The second-order valence-electron chi connectivity index (χ2n) is 7.92. The lowest BCUT2D eigenvalue weighted by Crippen LogP contribution is -2.35. The smallest absolute Gasteiger partial charge is 0.268 e. The Morgan fingerprint density at radius 1 is 0.781 bits per heavy atom. The molecule has 0 unspecified atom stereocenters. The van der Waals surface area contributed by atoms with E-state index in [4.69, 9.17) is 4.74 Å². The Morgan fingerprint density at radius 3 is 2.09 bits per heavy atom. The van der Waals surface area contributed by atoms with E-state index in [1.54, 1.807) is 0 Å². The summed E-state index contributed by atoms with van der Waals surface area (Å²) in [6.45, 7) is 6.45. The first-order valence-corrected chi connectivity index (χ1v) is 11.4. The van der Waals surface area contributed by atoms with Gasteiger partial charge in [-0.3, -0.25) is 14.5 Å². The molecule has 0 N–H and O–H groups in total. The Hall–Kier alpha value is -3.31. The number of amides is 2. The van der Waals surface area contributed by atoms with Gasteiger partial charge in [0, 0.05) is 4.90 Å². The third-order valence-electron chi connectivity index (χ3n) is 5.21. The molecular weight excluding hydrogens is 418 g/mol. The van der Waals surface area contributed by atoms with E-state index >= 15 is 0 Å². The normalized spacial score (nSPS) is 13.8. The largest absolute Gasteiger partial charge is 0.492 e. The molecule has 0 aliphatic carbocycles. The van der Waals surface area contributed by atoms with Crippen LogP contribution in [-0.4, -0.2) is 29.9 Å². The van der Waals surface area contributed by atoms with Crippen LogP contribution in [0.2, 0.25) is 0 Å². The highest BCUT2D eigenvalue weighted by atomic mass is 32.2. The first-order valence-electron chi connectivity index (χ1n) is 10.5. The van der Waals surface area contributed by atoms with Crippen molar-refractivity contribution in [2.24, 2.45) is 0 Å². The summed E-state index contributed by atoms with van der Waals surface area (Å²) in [6, 6.07) is 23.3. The van der Waals surface area contributed by atoms with Crippen molar-refractivity contribution in [2.45, 2.75) is 25.7 Å². The first-order chi connectivity index (χ1) is 15.4. The van der Waals surface area contributed by atoms with Crippen molar-refractivity contribution in [3.63, 3.8) is 0 Å². The van der Waals surface area contributed by atoms with Gasteiger partial charge in [-0.1, -0.05) is 65.9 Å². The Bertz CT molecular complexity index is 1160. The second kappa shape index (κ2) is 9.45. The van der Waals surface area contributed by atoms with Crippen LogP contribution in [0.5, 0.6) is 5.75 Å². The number of aryl methyl sites for hydroxylation is 3. The Balaban J connectivity index is 1.57. The molecule has 4 rings (SSSR count). The van der Waals surface area contributed by atoms with Crippen LogP contribution in [0.25, 0.3) is 5.57 Å². The molecule has 0 radical (unpaired) electrons. The molecule has 32 heavy (non-hydrogen) atoms. The van der Waals surface area contributed by atoms with Gasteiger partial charge < -0.3 is 4.74 Å². The molecule has 1 aliphatic rings. The van der Waals surface area contributed by atoms with Gasteiger partial charge in [-0.2, -0.15) is 0 Å². The number of ether oxygens (including phenoxy) is 1. The highest BCUT2D eigenvalue weighted by Gasteiger charge is 2.39. The lowest BCUT2D eigenvalue weighted by atomic mass is 10.0. The molecular formula is C27H25NO3S. The van der Waals surface area contributed by atoms with Crippen LogP contribution in [-0.2, 0) is 9.59 Å². The zero-order chi connectivity index (χ0) is 22.7. The average Bonchev–Trinajstić information content (AvgIpc) is 2.99. The van der Waals surface area contributed by atoms with Crippen molar-refractivity contribution in [3.05, 3.63) is 100.0 Å². The fourth-order valence-electron chi connectivity index (χ4n) is 3.70. The van der Waals surface area contributed by atoms with Crippen LogP contribution in [0, 0.1) is 20.8 Å². The Kier molecular flexibility index (Phi) is 6.47. The summed E-state index contributed by atoms with van der Waals surface area (Å²) in [5, 5.41) is 0. The Labute approximate surface area is 192 Å². The molecule has 0 bridgehead atoms. The lowest BCUT2D eigenvalue weighted by molar-refractivity contribution is -0.136. The van der Waals surface area contributed by atoms with Gasteiger partial charge >= 0.3 is 0 Å². The predicted octanol–water partition coefficient (Wildman–Crippen LogP) is 5.56. The van der Waals surface area contributed by atoms with Gasteiger partial charge in [0.05, 0.1) is 17.0 Å². The number of rotatable bonds is 7. The molecule has 1 aliphatic heterocycles. The van der Waals surface area contributed by atoms with Crippen molar-refractivity contribution in [3.8, 4) is 5.75 Å². The van der Waals surface area contributed by atoms with Crippen molar-refractivity contribution in [2.75, 3.05) is 13.2 Å². The number of hydrogen-bond acceptors (Lipinski definition) is 4. The molecule has 3 aromatic rings. The summed E-state index contributed by atoms with van der Waals surface area (Å²) in [7, 11) is 0. The molecule has 5 heteroatoms. The molecule has 3 aromatic carbocycles. The van der Waals surface area contributed by atoms with Crippen molar-refractivity contribution in [1.29, 1.82) is 0 Å². The minimum absolute atomic E-state index is 0.193. The summed E-state index contributed by atoms with van der Waals surface area (Å²) < 4.78 is 5.87. The summed E-state index contributed by atoms with van der Waals surface area (Å²) in [5.74, 6) is 0.192. The van der Waals surface area contributed by atoms with Crippen LogP contribution in [0.1, 0.15) is 22.3 Å². The van der Waals surface area contributed by atoms with Crippen LogP contribution in [0.4, 0.5) is 0 Å². The standard InChI is InChI=1S/C27H25NO3S/c1-18-9-11-21(12-10-18)24-25(32-23-7-5-4-6-8-23)27(30)28(26(24)29)13-14-31-22-16-19(2)15-20(3)17-22/h4-12,15-17H,13-14H2,1-3H3. The van der Waals surface area contributed by atoms with Gasteiger partial charge in [0.1, 0.15) is 12.4 Å². The van der Waals surface area contributed by atoms with Gasteiger partial charge in [-0.15, -0.1) is 0 Å². The van der Waals surface area contributed by atoms with E-state index in [9.17, 15) is 9.59 Å². The molecule has 0 atom stereocenters. The summed E-state index contributed by atoms with van der Waals surface area (Å²) in [4.78, 5) is 29.3. The third-order valence-corrected chi connectivity index (χ3v) is 6.30. The summed E-state index contributed by atoms with van der Waals surface area (Å²) >= 11 is 1.33. The maximum absolute atomic E-state index is 13.3. The summed E-state index contributed by atoms with van der Waals surface area (Å²) in [6.07, 6.45) is 0. The zero-order valence-corrected chi connectivity index (χ0v) is 19.2. The van der Waals surface area contributed by atoms with Crippen LogP contribution in [0.3, 0.4) is 0 Å². The van der Waals surface area contributed by atoms with Crippen LogP contribution < -0.4 is 4.74 Å². The van der Waals surface area contributed by atoms with E-state index in [0.717, 1.165) is 32.9 Å². The van der Waals surface area contributed by atoms with Gasteiger partial charge in [-0.25, -0.2) is 0 Å². The molecule has 1 heterocycles. The molecule has 0 fully saturated rings. The fourth-order valence-corrected chi connectivity index (χ4v) is 4.74. The number of nitrogens with zero attached hydrogens (tertiary/aromatic N) is 1. The number of benzene rings is 3. The third kappa shape index (κ3) is 4.78. The van der Waals surface area contributed by atoms with Gasteiger partial charge in [0.15, 0.2) is 0 Å². The van der Waals surface area contributed by atoms with E-state index in [-0.39, 0.29) is 25.0 Å². The molecule has 162 valence electrons. The monoisotopic (exact) mass is 443 g/mol. The Morgan fingerprint density at radius 2 is 1.44 bits per heavy atom. The molecule has 0 spiro atoms. The zero-order valence-electron chi connectivity index (χ0n) is 18.4. The predicted molar refractivity (Wildman–Crippen MR) is 129 cm³/mol. The maximum Gasteiger partial charge on any atom is 0.268 e. The molecule has 2 amide bonds. The van der Waals surface area contributed by atoms with Crippen molar-refractivity contribution >= 4 is 29.1 Å². The summed E-state index contributed by atoms with van der Waals surface area (Å²) in [5.41, 5.74) is 4.53. The lowest BCUT2D eigenvalue weighted by Gasteiger charge is -2.16. The first kappa shape index (κ1) is 21.9.